The normalized spacial score (nSPS) is 12.9. The molecule has 0 spiro atoms. The van der Waals surface area contributed by atoms with Crippen molar-refractivity contribution in [3.63, 3.8) is 0 Å². The van der Waals surface area contributed by atoms with E-state index in [1.54, 1.807) is 27.7 Å². The van der Waals surface area contributed by atoms with Crippen LogP contribution in [0.1, 0.15) is 38.2 Å². The first-order chi connectivity index (χ1) is 7.79. The van der Waals surface area contributed by atoms with E-state index in [9.17, 15) is 9.59 Å². The molecular weight excluding hydrogens is 224 g/mol. The Morgan fingerprint density at radius 2 is 2.12 bits per heavy atom. The lowest BCUT2D eigenvalue weighted by Crippen LogP contribution is -2.42. The summed E-state index contributed by atoms with van der Waals surface area (Å²) in [4.78, 5) is 23.1. The van der Waals surface area contributed by atoms with E-state index in [4.69, 9.17) is 4.74 Å². The number of carbonyl (C=O) groups excluding carboxylic acids is 2. The number of nitrogens with zero attached hydrogens (tertiary/aromatic N) is 2. The number of esters is 1. The van der Waals surface area contributed by atoms with Crippen LogP contribution in [0.5, 0.6) is 0 Å². The third-order valence-electron chi connectivity index (χ3n) is 1.76. The van der Waals surface area contributed by atoms with E-state index < -0.39 is 23.5 Å². The summed E-state index contributed by atoms with van der Waals surface area (Å²) in [5, 5.41) is 11.9. The Kier molecular flexibility index (Phi) is 3.82. The van der Waals surface area contributed by atoms with Crippen LogP contribution < -0.4 is 5.32 Å². The second-order valence-electron chi connectivity index (χ2n) is 4.58. The van der Waals surface area contributed by atoms with Crippen molar-refractivity contribution in [3.05, 3.63) is 11.9 Å². The molecule has 1 heterocycles. The number of amides is 1. The van der Waals surface area contributed by atoms with Gasteiger partial charge in [0.15, 0.2) is 5.69 Å². The number of ether oxygens (including phenoxy) is 1. The van der Waals surface area contributed by atoms with Gasteiger partial charge in [0.05, 0.1) is 6.20 Å². The number of aromatic nitrogens is 3. The fourth-order valence-electron chi connectivity index (χ4n) is 1.03. The molecule has 1 atom stereocenters. The molecule has 0 saturated carbocycles. The highest BCUT2D eigenvalue weighted by Crippen LogP contribution is 2.08. The van der Waals surface area contributed by atoms with Crippen LogP contribution in [0, 0.1) is 0 Å². The van der Waals surface area contributed by atoms with Gasteiger partial charge in [0.2, 0.25) is 0 Å². The Morgan fingerprint density at radius 3 is 2.59 bits per heavy atom. The summed E-state index contributed by atoms with van der Waals surface area (Å²) < 4.78 is 5.12. The fraction of sp³-hybridized carbons (Fsp3) is 0.600. The Labute approximate surface area is 98.9 Å². The zero-order valence-corrected chi connectivity index (χ0v) is 10.3. The van der Waals surface area contributed by atoms with E-state index in [2.05, 4.69) is 20.7 Å². The minimum absolute atomic E-state index is 0.125. The molecule has 0 aliphatic rings. The predicted molar refractivity (Wildman–Crippen MR) is 59.2 cm³/mol. The minimum atomic E-state index is -0.738. The van der Waals surface area contributed by atoms with Gasteiger partial charge in [-0.1, -0.05) is 0 Å². The molecule has 1 rings (SSSR count). The molecule has 94 valence electrons. The molecule has 0 bridgehead atoms. The van der Waals surface area contributed by atoms with Crippen LogP contribution in [0.4, 0.5) is 0 Å². The molecule has 17 heavy (non-hydrogen) atoms. The van der Waals surface area contributed by atoms with Crippen molar-refractivity contribution in [1.82, 2.24) is 20.7 Å². The number of nitrogens with one attached hydrogen (secondary N) is 2. The lowest BCUT2D eigenvalue weighted by Gasteiger charge is -2.22. The molecule has 1 aromatic heterocycles. The van der Waals surface area contributed by atoms with Gasteiger partial charge < -0.3 is 10.1 Å². The first-order valence-corrected chi connectivity index (χ1v) is 5.19. The van der Waals surface area contributed by atoms with Gasteiger partial charge in [-0.15, -0.1) is 0 Å². The molecular formula is C10H16N4O3. The Balaban J connectivity index is 2.52. The lowest BCUT2D eigenvalue weighted by molar-refractivity contribution is -0.156. The maximum atomic E-state index is 11.6. The maximum Gasteiger partial charge on any atom is 0.328 e. The van der Waals surface area contributed by atoms with Crippen molar-refractivity contribution in [2.75, 3.05) is 0 Å². The zero-order valence-electron chi connectivity index (χ0n) is 10.3. The van der Waals surface area contributed by atoms with Gasteiger partial charge in [0, 0.05) is 0 Å². The third-order valence-corrected chi connectivity index (χ3v) is 1.76. The van der Waals surface area contributed by atoms with Crippen LogP contribution in [0.15, 0.2) is 6.20 Å². The molecule has 2 N–H and O–H groups in total. The largest absolute Gasteiger partial charge is 0.458 e. The average Bonchev–Trinajstić information content (AvgIpc) is 2.67. The summed E-state index contributed by atoms with van der Waals surface area (Å²) in [6.45, 7) is 6.83. The standard InChI is InChI=1S/C10H16N4O3/c1-6(9(16)17-10(2,3)4)12-8(15)7-5-11-14-13-7/h5-6H,1-4H3,(H,12,15)(H,11,13,14)/t6-/m1/s1. The first kappa shape index (κ1) is 13.1. The quantitative estimate of drug-likeness (QED) is 0.739. The number of hydrogen-bond acceptors (Lipinski definition) is 5. The van der Waals surface area contributed by atoms with Gasteiger partial charge in [0.25, 0.3) is 5.91 Å². The molecule has 7 heteroatoms. The summed E-state index contributed by atoms with van der Waals surface area (Å²) in [5.41, 5.74) is -0.454. The van der Waals surface area contributed by atoms with Gasteiger partial charge in [-0.2, -0.15) is 15.4 Å². The summed E-state index contributed by atoms with van der Waals surface area (Å²) >= 11 is 0. The van der Waals surface area contributed by atoms with E-state index in [1.807, 2.05) is 0 Å². The Bertz CT molecular complexity index is 394. The lowest BCUT2D eigenvalue weighted by atomic mass is 10.2. The molecule has 0 radical (unpaired) electrons. The van der Waals surface area contributed by atoms with Crippen molar-refractivity contribution in [2.24, 2.45) is 0 Å². The van der Waals surface area contributed by atoms with Crippen molar-refractivity contribution in [2.45, 2.75) is 39.3 Å². The van der Waals surface area contributed by atoms with E-state index in [1.165, 1.54) is 6.20 Å². The topological polar surface area (TPSA) is 97.0 Å². The number of hydrogen-bond donors (Lipinski definition) is 2. The Morgan fingerprint density at radius 1 is 1.47 bits per heavy atom. The van der Waals surface area contributed by atoms with E-state index in [0.717, 1.165) is 0 Å². The van der Waals surface area contributed by atoms with Gasteiger partial charge in [-0.05, 0) is 27.7 Å². The van der Waals surface area contributed by atoms with Crippen LogP contribution in [0.25, 0.3) is 0 Å². The summed E-state index contributed by atoms with van der Waals surface area (Å²) in [6, 6.07) is -0.738. The average molecular weight is 240 g/mol. The summed E-state index contributed by atoms with van der Waals surface area (Å²) in [7, 11) is 0. The maximum absolute atomic E-state index is 11.6. The van der Waals surface area contributed by atoms with Gasteiger partial charge >= 0.3 is 5.97 Å². The summed E-state index contributed by atoms with van der Waals surface area (Å²) in [6.07, 6.45) is 1.27. The minimum Gasteiger partial charge on any atom is -0.458 e. The number of rotatable bonds is 3. The third kappa shape index (κ3) is 4.21. The molecule has 0 fully saturated rings. The highest BCUT2D eigenvalue weighted by atomic mass is 16.6. The number of carbonyl (C=O) groups is 2. The molecule has 0 aliphatic heterocycles. The first-order valence-electron chi connectivity index (χ1n) is 5.19. The van der Waals surface area contributed by atoms with Gasteiger partial charge in [-0.25, -0.2) is 4.79 Å². The summed E-state index contributed by atoms with van der Waals surface area (Å²) in [5.74, 6) is -0.966. The monoisotopic (exact) mass is 240 g/mol. The molecule has 1 amide bonds. The van der Waals surface area contributed by atoms with E-state index in [0.29, 0.717) is 0 Å². The molecule has 0 aliphatic carbocycles. The molecule has 1 aromatic rings. The molecule has 0 aromatic carbocycles. The fourth-order valence-corrected chi connectivity index (χ4v) is 1.03. The van der Waals surface area contributed by atoms with Crippen molar-refractivity contribution in [3.8, 4) is 0 Å². The highest BCUT2D eigenvalue weighted by molar-refractivity contribution is 5.94. The molecule has 0 unspecified atom stereocenters. The number of aromatic amines is 1. The van der Waals surface area contributed by atoms with Gasteiger partial charge in [-0.3, -0.25) is 4.79 Å². The van der Waals surface area contributed by atoms with Gasteiger partial charge in [0.1, 0.15) is 11.6 Å². The van der Waals surface area contributed by atoms with Crippen LogP contribution in [-0.2, 0) is 9.53 Å². The molecule has 0 saturated heterocycles. The van der Waals surface area contributed by atoms with Crippen LogP contribution >= 0.6 is 0 Å². The second-order valence-corrected chi connectivity index (χ2v) is 4.58. The van der Waals surface area contributed by atoms with Crippen LogP contribution in [0.3, 0.4) is 0 Å². The Hall–Kier alpha value is -1.92. The second kappa shape index (κ2) is 4.94. The van der Waals surface area contributed by atoms with Crippen molar-refractivity contribution in [1.29, 1.82) is 0 Å². The van der Waals surface area contributed by atoms with E-state index in [-0.39, 0.29) is 5.69 Å². The van der Waals surface area contributed by atoms with E-state index >= 15 is 0 Å². The number of H-pyrrole nitrogens is 1. The van der Waals surface area contributed by atoms with Crippen LogP contribution in [-0.4, -0.2) is 38.9 Å². The SMILES string of the molecule is C[C@@H](NC(=O)c1cn[nH]n1)C(=O)OC(C)(C)C. The highest BCUT2D eigenvalue weighted by Gasteiger charge is 2.23. The van der Waals surface area contributed by atoms with Crippen LogP contribution in [0.2, 0.25) is 0 Å². The zero-order chi connectivity index (χ0) is 13.1. The van der Waals surface area contributed by atoms with Crippen molar-refractivity contribution >= 4 is 11.9 Å². The smallest absolute Gasteiger partial charge is 0.328 e. The van der Waals surface area contributed by atoms with Crippen molar-refractivity contribution < 1.29 is 14.3 Å². The predicted octanol–water partition coefficient (Wildman–Crippen LogP) is 0.265. The molecule has 7 nitrogen and oxygen atoms in total.